The maximum absolute atomic E-state index is 13.2. The molecule has 0 fully saturated rings. The van der Waals surface area contributed by atoms with Crippen molar-refractivity contribution in [1.82, 2.24) is 19.1 Å². The van der Waals surface area contributed by atoms with Gasteiger partial charge in [-0.1, -0.05) is 24.3 Å². The Morgan fingerprint density at radius 3 is 2.57 bits per heavy atom. The summed E-state index contributed by atoms with van der Waals surface area (Å²) in [5, 5.41) is 0.924. The summed E-state index contributed by atoms with van der Waals surface area (Å²) in [5.74, 6) is 0. The Morgan fingerprint density at radius 1 is 1.00 bits per heavy atom. The zero-order valence-electron chi connectivity index (χ0n) is 16.7. The van der Waals surface area contributed by atoms with Crippen molar-refractivity contribution in [3.8, 4) is 16.8 Å². The van der Waals surface area contributed by atoms with Crippen LogP contribution < -0.4 is 5.69 Å². The zero-order valence-corrected chi connectivity index (χ0v) is 16.7. The lowest BCUT2D eigenvalue weighted by Crippen LogP contribution is -2.20. The maximum Gasteiger partial charge on any atom is 0.333 e. The van der Waals surface area contributed by atoms with Crippen LogP contribution >= 0.6 is 0 Å². The van der Waals surface area contributed by atoms with Crippen molar-refractivity contribution in [3.63, 3.8) is 0 Å². The van der Waals surface area contributed by atoms with Crippen molar-refractivity contribution < 1.29 is 4.74 Å². The summed E-state index contributed by atoms with van der Waals surface area (Å²) in [5.41, 5.74) is 6.28. The number of imidazole rings is 1. The molecule has 0 unspecified atom stereocenters. The number of rotatable bonds is 4. The molecule has 3 aromatic heterocycles. The number of hydrogen-bond donors (Lipinski definition) is 0. The first-order chi connectivity index (χ1) is 14.7. The van der Waals surface area contributed by atoms with Crippen LogP contribution in [0.15, 0.2) is 78.0 Å². The minimum Gasteiger partial charge on any atom is -0.380 e. The molecule has 0 saturated heterocycles. The van der Waals surface area contributed by atoms with Crippen LogP contribution in [0.2, 0.25) is 0 Å². The SMILES string of the molecule is COCc1ccc(-n2c(=O)n(C)c3cnc4ccc(-c5cccnc5)cc4c32)cc1. The van der Waals surface area contributed by atoms with Crippen molar-refractivity contribution in [2.75, 3.05) is 7.11 Å². The van der Waals surface area contributed by atoms with Gasteiger partial charge in [0.25, 0.3) is 0 Å². The molecule has 0 amide bonds. The Kier molecular flexibility index (Phi) is 4.41. The quantitative estimate of drug-likeness (QED) is 0.459. The van der Waals surface area contributed by atoms with Gasteiger partial charge in [0, 0.05) is 37.5 Å². The summed E-state index contributed by atoms with van der Waals surface area (Å²) in [6.45, 7) is 0.534. The predicted octanol–water partition coefficient (Wildman–Crippen LogP) is 4.09. The zero-order chi connectivity index (χ0) is 20.7. The third-order valence-corrected chi connectivity index (χ3v) is 5.38. The first-order valence-electron chi connectivity index (χ1n) is 9.66. The van der Waals surface area contributed by atoms with Gasteiger partial charge in [0.2, 0.25) is 0 Å². The van der Waals surface area contributed by atoms with Crippen molar-refractivity contribution >= 4 is 21.9 Å². The molecule has 5 rings (SSSR count). The van der Waals surface area contributed by atoms with Gasteiger partial charge in [-0.15, -0.1) is 0 Å². The summed E-state index contributed by atoms with van der Waals surface area (Å²) < 4.78 is 8.59. The smallest absolute Gasteiger partial charge is 0.333 e. The minimum atomic E-state index is -0.106. The second kappa shape index (κ2) is 7.24. The van der Waals surface area contributed by atoms with E-state index in [-0.39, 0.29) is 5.69 Å². The fraction of sp³-hybridized carbons (Fsp3) is 0.125. The van der Waals surface area contributed by atoms with Gasteiger partial charge in [-0.3, -0.25) is 19.1 Å². The molecule has 0 saturated carbocycles. The van der Waals surface area contributed by atoms with E-state index in [1.165, 1.54) is 0 Å². The van der Waals surface area contributed by atoms with Crippen LogP contribution in [0.3, 0.4) is 0 Å². The number of fused-ring (bicyclic) bond motifs is 3. The van der Waals surface area contributed by atoms with Crippen LogP contribution in [-0.4, -0.2) is 26.2 Å². The molecule has 6 heteroatoms. The fourth-order valence-electron chi connectivity index (χ4n) is 3.86. The standard InChI is InChI=1S/C24H20N4O2/c1-27-22-14-26-21-10-7-17(18-4-3-11-25-13-18)12-20(21)23(22)28(24(27)29)19-8-5-16(6-9-19)15-30-2/h3-14H,15H2,1-2H3. The summed E-state index contributed by atoms with van der Waals surface area (Å²) in [7, 11) is 3.45. The Bertz CT molecular complexity index is 1420. The highest BCUT2D eigenvalue weighted by Crippen LogP contribution is 2.29. The summed E-state index contributed by atoms with van der Waals surface area (Å²) in [4.78, 5) is 22.0. The lowest BCUT2D eigenvalue weighted by molar-refractivity contribution is 0.185. The second-order valence-electron chi connectivity index (χ2n) is 7.24. The first kappa shape index (κ1) is 18.3. The van der Waals surface area contributed by atoms with Gasteiger partial charge >= 0.3 is 5.69 Å². The van der Waals surface area contributed by atoms with E-state index in [0.29, 0.717) is 6.61 Å². The van der Waals surface area contributed by atoms with Crippen molar-refractivity contribution in [1.29, 1.82) is 0 Å². The Balaban J connectivity index is 1.81. The van der Waals surface area contributed by atoms with E-state index in [0.717, 1.165) is 44.3 Å². The Morgan fingerprint density at radius 2 is 1.83 bits per heavy atom. The van der Waals surface area contributed by atoms with Crippen molar-refractivity contribution in [3.05, 3.63) is 89.2 Å². The number of methoxy groups -OCH3 is 1. The maximum atomic E-state index is 13.2. The van der Waals surface area contributed by atoms with Crippen molar-refractivity contribution in [2.24, 2.45) is 7.05 Å². The molecular formula is C24H20N4O2. The first-order valence-corrected chi connectivity index (χ1v) is 9.66. The molecule has 30 heavy (non-hydrogen) atoms. The van der Waals surface area contributed by atoms with Gasteiger partial charge in [-0.05, 0) is 41.5 Å². The number of benzene rings is 2. The molecule has 0 atom stereocenters. The molecule has 0 aliphatic heterocycles. The molecule has 0 aliphatic carbocycles. The van der Waals surface area contributed by atoms with Gasteiger partial charge < -0.3 is 4.74 Å². The number of aryl methyl sites for hydroxylation is 1. The third kappa shape index (κ3) is 2.89. The summed E-state index contributed by atoms with van der Waals surface area (Å²) >= 11 is 0. The van der Waals surface area contributed by atoms with E-state index in [2.05, 4.69) is 16.0 Å². The molecule has 0 bridgehead atoms. The molecule has 2 aromatic carbocycles. The molecule has 5 aromatic rings. The summed E-state index contributed by atoms with van der Waals surface area (Å²) in [6.07, 6.45) is 5.35. The van der Waals surface area contributed by atoms with Gasteiger partial charge in [0.05, 0.1) is 35.0 Å². The number of hydrogen-bond acceptors (Lipinski definition) is 4. The van der Waals surface area contributed by atoms with E-state index in [9.17, 15) is 4.79 Å². The number of pyridine rings is 2. The Hall–Kier alpha value is -3.77. The molecule has 148 valence electrons. The molecular weight excluding hydrogens is 376 g/mol. The normalized spacial score (nSPS) is 11.4. The molecule has 0 N–H and O–H groups in total. The molecule has 0 radical (unpaired) electrons. The number of aromatic nitrogens is 4. The van der Waals surface area contributed by atoms with Crippen LogP contribution in [0.5, 0.6) is 0 Å². The lowest BCUT2D eigenvalue weighted by atomic mass is 10.0. The summed E-state index contributed by atoms with van der Waals surface area (Å²) in [6, 6.07) is 17.9. The molecule has 0 aliphatic rings. The Labute approximate surface area is 173 Å². The van der Waals surface area contributed by atoms with Crippen LogP contribution in [-0.2, 0) is 18.4 Å². The highest BCUT2D eigenvalue weighted by Gasteiger charge is 2.16. The number of nitrogens with zero attached hydrogens (tertiary/aromatic N) is 4. The predicted molar refractivity (Wildman–Crippen MR) is 118 cm³/mol. The van der Waals surface area contributed by atoms with Crippen LogP contribution in [0.1, 0.15) is 5.56 Å². The second-order valence-corrected chi connectivity index (χ2v) is 7.24. The topological polar surface area (TPSA) is 61.9 Å². The monoisotopic (exact) mass is 396 g/mol. The molecule has 3 heterocycles. The highest BCUT2D eigenvalue weighted by molar-refractivity contribution is 6.04. The molecule has 0 spiro atoms. The van der Waals surface area contributed by atoms with E-state index in [1.54, 1.807) is 35.7 Å². The average Bonchev–Trinajstić information content (AvgIpc) is 3.05. The van der Waals surface area contributed by atoms with Crippen LogP contribution in [0.4, 0.5) is 0 Å². The highest BCUT2D eigenvalue weighted by atomic mass is 16.5. The lowest BCUT2D eigenvalue weighted by Gasteiger charge is -2.09. The van der Waals surface area contributed by atoms with Crippen molar-refractivity contribution in [2.45, 2.75) is 6.61 Å². The largest absolute Gasteiger partial charge is 0.380 e. The third-order valence-electron chi connectivity index (χ3n) is 5.38. The average molecular weight is 396 g/mol. The van der Waals surface area contributed by atoms with Gasteiger partial charge in [0.1, 0.15) is 0 Å². The van der Waals surface area contributed by atoms with Gasteiger partial charge in [-0.2, -0.15) is 0 Å². The number of ether oxygens (including phenoxy) is 1. The minimum absolute atomic E-state index is 0.106. The van der Waals surface area contributed by atoms with Gasteiger partial charge in [-0.25, -0.2) is 4.79 Å². The van der Waals surface area contributed by atoms with Gasteiger partial charge in [0.15, 0.2) is 0 Å². The van der Waals surface area contributed by atoms with E-state index < -0.39 is 0 Å². The van der Waals surface area contributed by atoms with Crippen LogP contribution in [0, 0.1) is 0 Å². The van der Waals surface area contributed by atoms with Crippen LogP contribution in [0.25, 0.3) is 38.8 Å². The fourth-order valence-corrected chi connectivity index (χ4v) is 3.86. The van der Waals surface area contributed by atoms with E-state index in [1.807, 2.05) is 54.7 Å². The van der Waals surface area contributed by atoms with E-state index in [4.69, 9.17) is 4.74 Å². The van der Waals surface area contributed by atoms with E-state index >= 15 is 0 Å². The molecule has 6 nitrogen and oxygen atoms in total.